The zero-order chi connectivity index (χ0) is 20.1. The van der Waals surface area contributed by atoms with Gasteiger partial charge in [0.15, 0.2) is 9.84 Å². The minimum absolute atomic E-state index is 0.139. The second kappa shape index (κ2) is 8.80. The molecule has 0 aromatic heterocycles. The third-order valence-corrected chi connectivity index (χ3v) is 6.06. The number of carbonyl (C=O) groups excluding carboxylic acids is 1. The Morgan fingerprint density at radius 3 is 2.39 bits per heavy atom. The van der Waals surface area contributed by atoms with Crippen molar-refractivity contribution in [3.63, 3.8) is 0 Å². The van der Waals surface area contributed by atoms with Gasteiger partial charge in [0, 0.05) is 21.7 Å². The van der Waals surface area contributed by atoms with Gasteiger partial charge in [-0.2, -0.15) is 0 Å². The third kappa shape index (κ3) is 4.94. The largest absolute Gasteiger partial charge is 0.494 e. The van der Waals surface area contributed by atoms with E-state index in [1.54, 1.807) is 54.6 Å². The number of unbranched alkanes of at least 4 members (excludes halogenated alkanes) is 1. The Kier molecular flexibility index (Phi) is 6.42. The maximum Gasteiger partial charge on any atom is 0.258 e. The molecule has 0 radical (unpaired) electrons. The number of rotatable bonds is 7. The van der Waals surface area contributed by atoms with Gasteiger partial charge in [0.2, 0.25) is 0 Å². The molecule has 28 heavy (non-hydrogen) atoms. The van der Waals surface area contributed by atoms with Crippen molar-refractivity contribution in [2.75, 3.05) is 17.3 Å². The number of anilines is 1. The molecule has 0 bridgehead atoms. The van der Waals surface area contributed by atoms with Crippen LogP contribution in [-0.4, -0.2) is 32.7 Å². The summed E-state index contributed by atoms with van der Waals surface area (Å²) in [5.41, 5.74) is 1.04. The number of sulfone groups is 1. The van der Waals surface area contributed by atoms with Gasteiger partial charge in [-0.25, -0.2) is 8.42 Å². The zero-order valence-corrected chi connectivity index (χ0v) is 17.1. The first-order valence-electron chi connectivity index (χ1n) is 9.12. The van der Waals surface area contributed by atoms with Gasteiger partial charge in [-0.3, -0.25) is 4.79 Å². The number of carbonyl (C=O) groups is 1. The number of benzene rings is 2. The Morgan fingerprint density at radius 1 is 1.14 bits per heavy atom. The maximum atomic E-state index is 13.2. The molecule has 1 heterocycles. The summed E-state index contributed by atoms with van der Waals surface area (Å²) in [5, 5.41) is 1.71. The summed E-state index contributed by atoms with van der Waals surface area (Å²) in [7, 11) is -3.31. The van der Waals surface area contributed by atoms with Gasteiger partial charge in [-0.1, -0.05) is 24.9 Å². The molecule has 148 valence electrons. The lowest BCUT2D eigenvalue weighted by atomic mass is 10.1. The Bertz CT molecular complexity index is 953. The predicted octanol–water partition coefficient (Wildman–Crippen LogP) is 4.48. The molecule has 0 fully saturated rings. The number of nitrogens with zero attached hydrogens (tertiary/aromatic N) is 1. The lowest BCUT2D eigenvalue weighted by molar-refractivity contribution is 0.0983. The van der Waals surface area contributed by atoms with Crippen LogP contribution < -0.4 is 9.64 Å². The standard InChI is InChI=1S/C21H22ClNO4S/c1-2-3-13-27-20-10-4-16(5-11-20)21(24)23(18-8-6-17(22)7-9-18)19-12-14-28(25,26)15-19/h4-12,14,19H,2-3,13,15H2,1H3/t19-/m0/s1. The van der Waals surface area contributed by atoms with Crippen LogP contribution in [0.15, 0.2) is 60.0 Å². The second-order valence-corrected chi connectivity index (χ2v) is 8.97. The lowest BCUT2D eigenvalue weighted by Crippen LogP contribution is -2.41. The van der Waals surface area contributed by atoms with Crippen LogP contribution in [0.5, 0.6) is 5.75 Å². The average Bonchev–Trinajstić information content (AvgIpc) is 3.03. The maximum absolute atomic E-state index is 13.2. The number of ether oxygens (including phenoxy) is 1. The van der Waals surface area contributed by atoms with E-state index in [9.17, 15) is 13.2 Å². The Labute approximate surface area is 170 Å². The van der Waals surface area contributed by atoms with E-state index in [2.05, 4.69) is 6.92 Å². The Hall–Kier alpha value is -2.31. The summed E-state index contributed by atoms with van der Waals surface area (Å²) < 4.78 is 29.4. The van der Waals surface area contributed by atoms with Crippen molar-refractivity contribution < 1.29 is 17.9 Å². The normalized spacial score (nSPS) is 17.4. The van der Waals surface area contributed by atoms with Crippen LogP contribution in [0.25, 0.3) is 0 Å². The Balaban J connectivity index is 1.86. The van der Waals surface area contributed by atoms with Gasteiger partial charge < -0.3 is 9.64 Å². The van der Waals surface area contributed by atoms with Gasteiger partial charge >= 0.3 is 0 Å². The predicted molar refractivity (Wildman–Crippen MR) is 112 cm³/mol. The molecule has 3 rings (SSSR count). The smallest absolute Gasteiger partial charge is 0.258 e. The van der Waals surface area contributed by atoms with Crippen LogP contribution in [-0.2, 0) is 9.84 Å². The summed E-state index contributed by atoms with van der Waals surface area (Å²) in [6.45, 7) is 2.72. The molecule has 5 nitrogen and oxygen atoms in total. The highest BCUT2D eigenvalue weighted by Gasteiger charge is 2.32. The quantitative estimate of drug-likeness (QED) is 0.621. The second-order valence-electron chi connectivity index (χ2n) is 6.60. The molecule has 0 unspecified atom stereocenters. The van der Waals surface area contributed by atoms with Gasteiger partial charge in [-0.15, -0.1) is 0 Å². The number of hydrogen-bond acceptors (Lipinski definition) is 4. The van der Waals surface area contributed by atoms with E-state index in [4.69, 9.17) is 16.3 Å². The summed E-state index contributed by atoms with van der Waals surface area (Å²) in [4.78, 5) is 14.7. The highest BCUT2D eigenvalue weighted by Crippen LogP contribution is 2.27. The molecule has 0 N–H and O–H groups in total. The number of halogens is 1. The van der Waals surface area contributed by atoms with Gasteiger partial charge in [0.05, 0.1) is 18.4 Å². The van der Waals surface area contributed by atoms with E-state index >= 15 is 0 Å². The summed E-state index contributed by atoms with van der Waals surface area (Å²) in [5.74, 6) is 0.278. The fraction of sp³-hybridized carbons (Fsp3) is 0.286. The molecule has 2 aromatic rings. The SMILES string of the molecule is CCCCOc1ccc(C(=O)N(c2ccc(Cl)cc2)[C@H]2C=CS(=O)(=O)C2)cc1. The molecule has 7 heteroatoms. The highest BCUT2D eigenvalue weighted by atomic mass is 35.5. The van der Waals surface area contributed by atoms with E-state index in [1.165, 1.54) is 10.3 Å². The van der Waals surface area contributed by atoms with E-state index in [0.29, 0.717) is 28.6 Å². The molecule has 1 atom stereocenters. The summed E-state index contributed by atoms with van der Waals surface area (Å²) in [6, 6.07) is 13.1. The van der Waals surface area contributed by atoms with Crippen LogP contribution in [0, 0.1) is 0 Å². The fourth-order valence-electron chi connectivity index (χ4n) is 2.95. The van der Waals surface area contributed by atoms with Crippen molar-refractivity contribution in [3.05, 3.63) is 70.6 Å². The van der Waals surface area contributed by atoms with E-state index in [1.807, 2.05) is 0 Å². The molecule has 0 saturated heterocycles. The van der Waals surface area contributed by atoms with E-state index < -0.39 is 15.9 Å². The van der Waals surface area contributed by atoms with E-state index in [0.717, 1.165) is 12.8 Å². The lowest BCUT2D eigenvalue weighted by Gasteiger charge is -2.28. The van der Waals surface area contributed by atoms with Crippen LogP contribution >= 0.6 is 11.6 Å². The minimum atomic E-state index is -3.31. The molecule has 1 aliphatic heterocycles. The fourth-order valence-corrected chi connectivity index (χ4v) is 4.34. The first kappa shape index (κ1) is 20.4. The molecule has 1 aliphatic rings. The first-order chi connectivity index (χ1) is 13.4. The van der Waals surface area contributed by atoms with E-state index in [-0.39, 0.29) is 11.7 Å². The van der Waals surface area contributed by atoms with Crippen LogP contribution in [0.2, 0.25) is 5.02 Å². The third-order valence-electron chi connectivity index (χ3n) is 4.43. The van der Waals surface area contributed by atoms with Crippen LogP contribution in [0.1, 0.15) is 30.1 Å². The molecule has 0 aliphatic carbocycles. The summed E-state index contributed by atoms with van der Waals surface area (Å²) >= 11 is 5.96. The Morgan fingerprint density at radius 2 is 1.82 bits per heavy atom. The first-order valence-corrected chi connectivity index (χ1v) is 11.2. The molecule has 0 spiro atoms. The summed E-state index contributed by atoms with van der Waals surface area (Å²) in [6.07, 6.45) is 3.56. The number of hydrogen-bond donors (Lipinski definition) is 0. The van der Waals surface area contributed by atoms with Crippen molar-refractivity contribution >= 4 is 33.0 Å². The topological polar surface area (TPSA) is 63.7 Å². The van der Waals surface area contributed by atoms with Crippen molar-refractivity contribution in [1.29, 1.82) is 0 Å². The van der Waals surface area contributed by atoms with Crippen molar-refractivity contribution in [2.24, 2.45) is 0 Å². The van der Waals surface area contributed by atoms with Gasteiger partial charge in [0.1, 0.15) is 5.75 Å². The van der Waals surface area contributed by atoms with Crippen molar-refractivity contribution in [2.45, 2.75) is 25.8 Å². The zero-order valence-electron chi connectivity index (χ0n) is 15.5. The average molecular weight is 420 g/mol. The molecular weight excluding hydrogens is 398 g/mol. The highest BCUT2D eigenvalue weighted by molar-refractivity contribution is 7.94. The van der Waals surface area contributed by atoms with Crippen LogP contribution in [0.3, 0.4) is 0 Å². The monoisotopic (exact) mass is 419 g/mol. The van der Waals surface area contributed by atoms with Gasteiger partial charge in [-0.05, 0) is 61.0 Å². The van der Waals surface area contributed by atoms with Crippen molar-refractivity contribution in [3.8, 4) is 5.75 Å². The molecular formula is C21H22ClNO4S. The van der Waals surface area contributed by atoms with Gasteiger partial charge in [0.25, 0.3) is 5.91 Å². The van der Waals surface area contributed by atoms with Crippen molar-refractivity contribution in [1.82, 2.24) is 0 Å². The van der Waals surface area contributed by atoms with Crippen LogP contribution in [0.4, 0.5) is 5.69 Å². The molecule has 2 aromatic carbocycles. The minimum Gasteiger partial charge on any atom is -0.494 e. The molecule has 1 amide bonds. The number of amides is 1. The molecule has 0 saturated carbocycles.